The zero-order chi connectivity index (χ0) is 13.8. The van der Waals surface area contributed by atoms with Crippen LogP contribution in [0.25, 0.3) is 0 Å². The van der Waals surface area contributed by atoms with Gasteiger partial charge in [-0.3, -0.25) is 0 Å². The van der Waals surface area contributed by atoms with Crippen molar-refractivity contribution in [3.05, 3.63) is 58.2 Å². The first kappa shape index (κ1) is 13.8. The molecule has 1 aromatic carbocycles. The topological polar surface area (TPSA) is 50.9 Å². The number of pyridine rings is 1. The quantitative estimate of drug-likeness (QED) is 0.901. The molecule has 0 bridgehead atoms. The number of nitrogens with two attached hydrogens (primary N) is 1. The maximum Gasteiger partial charge on any atom is 0.128 e. The van der Waals surface area contributed by atoms with Crippen LogP contribution in [0.3, 0.4) is 0 Å². The predicted molar refractivity (Wildman–Crippen MR) is 80.3 cm³/mol. The number of hydrogen-bond acceptors (Lipinski definition) is 3. The highest BCUT2D eigenvalue weighted by Crippen LogP contribution is 2.25. The Labute approximate surface area is 118 Å². The first-order chi connectivity index (χ1) is 9.10. The Morgan fingerprint density at radius 1 is 1.32 bits per heavy atom. The van der Waals surface area contributed by atoms with Crippen molar-refractivity contribution >= 4 is 17.4 Å². The number of hydrogen-bond donors (Lipinski definition) is 2. The minimum Gasteiger partial charge on any atom is -0.383 e. The van der Waals surface area contributed by atoms with Crippen LogP contribution in [0.15, 0.2) is 36.5 Å². The molecule has 1 atom stereocenters. The third kappa shape index (κ3) is 3.46. The summed E-state index contributed by atoms with van der Waals surface area (Å²) in [5, 5.41) is 3.88. The van der Waals surface area contributed by atoms with Gasteiger partial charge in [0.15, 0.2) is 0 Å². The molecule has 0 saturated heterocycles. The highest BCUT2D eigenvalue weighted by atomic mass is 35.5. The zero-order valence-electron chi connectivity index (χ0n) is 11.2. The van der Waals surface area contributed by atoms with Crippen LogP contribution in [0.1, 0.15) is 22.7 Å². The summed E-state index contributed by atoms with van der Waals surface area (Å²) in [7, 11) is 1.92. The lowest BCUT2D eigenvalue weighted by molar-refractivity contribution is 0.592. The van der Waals surface area contributed by atoms with Gasteiger partial charge >= 0.3 is 0 Å². The SMILES string of the molecule is CNC(Cc1ccc(C)cc1)c1cc(Cl)cnc1N. The molecule has 0 saturated carbocycles. The molecule has 100 valence electrons. The van der Waals surface area contributed by atoms with E-state index in [-0.39, 0.29) is 6.04 Å². The minimum absolute atomic E-state index is 0.105. The summed E-state index contributed by atoms with van der Waals surface area (Å²) in [6, 6.07) is 10.5. The lowest BCUT2D eigenvalue weighted by atomic mass is 9.99. The van der Waals surface area contributed by atoms with Crippen LogP contribution in [-0.2, 0) is 6.42 Å². The van der Waals surface area contributed by atoms with Crippen molar-refractivity contribution < 1.29 is 0 Å². The van der Waals surface area contributed by atoms with Crippen molar-refractivity contribution in [3.8, 4) is 0 Å². The number of nitrogens with one attached hydrogen (secondary N) is 1. The number of nitrogen functional groups attached to an aromatic ring is 1. The van der Waals surface area contributed by atoms with Crippen molar-refractivity contribution in [3.63, 3.8) is 0 Å². The number of aromatic nitrogens is 1. The van der Waals surface area contributed by atoms with Crippen LogP contribution >= 0.6 is 11.6 Å². The summed E-state index contributed by atoms with van der Waals surface area (Å²) in [4.78, 5) is 4.11. The standard InChI is InChI=1S/C15H18ClN3/c1-10-3-5-11(6-4-10)7-14(18-2)13-8-12(16)9-19-15(13)17/h3-6,8-9,14,18H,7H2,1-2H3,(H2,17,19). The fourth-order valence-electron chi connectivity index (χ4n) is 2.07. The minimum atomic E-state index is 0.105. The number of anilines is 1. The summed E-state index contributed by atoms with van der Waals surface area (Å²) in [6.07, 6.45) is 2.42. The van der Waals surface area contributed by atoms with Gasteiger partial charge in [-0.25, -0.2) is 4.98 Å². The molecular formula is C15H18ClN3. The molecule has 0 aliphatic heterocycles. The van der Waals surface area contributed by atoms with Gasteiger partial charge in [0.25, 0.3) is 0 Å². The molecule has 1 unspecified atom stereocenters. The Hall–Kier alpha value is -1.58. The molecule has 4 heteroatoms. The fourth-order valence-corrected chi connectivity index (χ4v) is 2.24. The Morgan fingerprint density at radius 2 is 2.00 bits per heavy atom. The summed E-state index contributed by atoms with van der Waals surface area (Å²) in [5.74, 6) is 0.524. The zero-order valence-corrected chi connectivity index (χ0v) is 11.9. The maximum absolute atomic E-state index is 6.00. The van der Waals surface area contributed by atoms with Crippen LogP contribution in [0.4, 0.5) is 5.82 Å². The van der Waals surface area contributed by atoms with Gasteiger partial charge in [0.05, 0.1) is 5.02 Å². The molecule has 0 fully saturated rings. The summed E-state index contributed by atoms with van der Waals surface area (Å²) >= 11 is 6.00. The Morgan fingerprint density at radius 3 is 2.63 bits per heavy atom. The molecule has 3 N–H and O–H groups in total. The van der Waals surface area contributed by atoms with E-state index in [2.05, 4.69) is 41.5 Å². The number of likely N-dealkylation sites (N-methyl/N-ethyl adjacent to an activating group) is 1. The van der Waals surface area contributed by atoms with Crippen LogP contribution < -0.4 is 11.1 Å². The maximum atomic E-state index is 6.00. The van der Waals surface area contributed by atoms with Gasteiger partial charge in [-0.15, -0.1) is 0 Å². The monoisotopic (exact) mass is 275 g/mol. The van der Waals surface area contributed by atoms with E-state index >= 15 is 0 Å². The first-order valence-electron chi connectivity index (χ1n) is 6.24. The van der Waals surface area contributed by atoms with E-state index in [0.29, 0.717) is 10.8 Å². The van der Waals surface area contributed by atoms with Crippen LogP contribution in [0.2, 0.25) is 5.02 Å². The molecule has 1 aromatic heterocycles. The Bertz CT molecular complexity index is 552. The molecule has 0 aliphatic rings. The van der Waals surface area contributed by atoms with Gasteiger partial charge in [-0.05, 0) is 32.0 Å². The summed E-state index contributed by atoms with van der Waals surface area (Å²) in [6.45, 7) is 2.08. The number of rotatable bonds is 4. The second-order valence-electron chi connectivity index (χ2n) is 4.66. The molecular weight excluding hydrogens is 258 g/mol. The van der Waals surface area contributed by atoms with Gasteiger partial charge in [0, 0.05) is 17.8 Å². The van der Waals surface area contributed by atoms with Crippen molar-refractivity contribution in [2.45, 2.75) is 19.4 Å². The van der Waals surface area contributed by atoms with Crippen molar-refractivity contribution in [2.75, 3.05) is 12.8 Å². The van der Waals surface area contributed by atoms with Gasteiger partial charge in [-0.2, -0.15) is 0 Å². The number of aryl methyl sites for hydroxylation is 1. The number of halogens is 1. The Kier molecular flexibility index (Phi) is 4.40. The van der Waals surface area contributed by atoms with Crippen LogP contribution in [-0.4, -0.2) is 12.0 Å². The van der Waals surface area contributed by atoms with Gasteiger partial charge in [0.1, 0.15) is 5.82 Å². The second kappa shape index (κ2) is 6.04. The molecule has 0 aliphatic carbocycles. The van der Waals surface area contributed by atoms with Crippen LogP contribution in [0, 0.1) is 6.92 Å². The highest BCUT2D eigenvalue weighted by Gasteiger charge is 2.14. The van der Waals surface area contributed by atoms with Crippen LogP contribution in [0.5, 0.6) is 0 Å². The highest BCUT2D eigenvalue weighted by molar-refractivity contribution is 6.30. The van der Waals surface area contributed by atoms with Crippen molar-refractivity contribution in [2.24, 2.45) is 0 Å². The summed E-state index contributed by atoms with van der Waals surface area (Å²) in [5.41, 5.74) is 9.39. The molecule has 3 nitrogen and oxygen atoms in total. The number of nitrogens with zero attached hydrogens (tertiary/aromatic N) is 1. The van der Waals surface area contributed by atoms with Gasteiger partial charge < -0.3 is 11.1 Å². The van der Waals surface area contributed by atoms with E-state index in [1.165, 1.54) is 11.1 Å². The molecule has 2 rings (SSSR count). The van der Waals surface area contributed by atoms with E-state index in [4.69, 9.17) is 17.3 Å². The van der Waals surface area contributed by atoms with E-state index in [1.807, 2.05) is 13.1 Å². The van der Waals surface area contributed by atoms with Crippen molar-refractivity contribution in [1.29, 1.82) is 0 Å². The smallest absolute Gasteiger partial charge is 0.128 e. The van der Waals surface area contributed by atoms with E-state index < -0.39 is 0 Å². The normalized spacial score (nSPS) is 12.4. The molecule has 2 aromatic rings. The van der Waals surface area contributed by atoms with Crippen molar-refractivity contribution in [1.82, 2.24) is 10.3 Å². The molecule has 0 amide bonds. The average Bonchev–Trinajstić information content (AvgIpc) is 2.41. The fraction of sp³-hybridized carbons (Fsp3) is 0.267. The predicted octanol–water partition coefficient (Wildman–Crippen LogP) is 3.13. The molecule has 19 heavy (non-hydrogen) atoms. The molecule has 1 heterocycles. The first-order valence-corrected chi connectivity index (χ1v) is 6.61. The lowest BCUT2D eigenvalue weighted by Gasteiger charge is -2.18. The average molecular weight is 276 g/mol. The largest absolute Gasteiger partial charge is 0.383 e. The van der Waals surface area contributed by atoms with Gasteiger partial charge in [0.2, 0.25) is 0 Å². The third-order valence-corrected chi connectivity index (χ3v) is 3.41. The number of benzene rings is 1. The Balaban J connectivity index is 2.24. The van der Waals surface area contributed by atoms with E-state index in [0.717, 1.165) is 12.0 Å². The summed E-state index contributed by atoms with van der Waals surface area (Å²) < 4.78 is 0. The van der Waals surface area contributed by atoms with E-state index in [1.54, 1.807) is 6.20 Å². The second-order valence-corrected chi connectivity index (χ2v) is 5.10. The molecule has 0 radical (unpaired) electrons. The lowest BCUT2D eigenvalue weighted by Crippen LogP contribution is -2.20. The van der Waals surface area contributed by atoms with Gasteiger partial charge in [-0.1, -0.05) is 41.4 Å². The third-order valence-electron chi connectivity index (χ3n) is 3.20. The van der Waals surface area contributed by atoms with E-state index in [9.17, 15) is 0 Å². The molecule has 0 spiro atoms.